The van der Waals surface area contributed by atoms with Crippen LogP contribution in [0.4, 0.5) is 17.5 Å². The van der Waals surface area contributed by atoms with E-state index in [2.05, 4.69) is 46.7 Å². The molecule has 2 aromatic rings. The molecule has 0 bridgehead atoms. The third-order valence-corrected chi connectivity index (χ3v) is 2.56. The van der Waals surface area contributed by atoms with Crippen molar-refractivity contribution in [2.75, 3.05) is 10.7 Å². The van der Waals surface area contributed by atoms with E-state index in [4.69, 9.17) is 5.84 Å². The summed E-state index contributed by atoms with van der Waals surface area (Å²) in [5.41, 5.74) is 5.91. The van der Waals surface area contributed by atoms with Crippen molar-refractivity contribution in [1.29, 1.82) is 0 Å². The Labute approximate surface area is 100 Å². The minimum absolute atomic E-state index is 0.388. The molecular weight excluding hydrogens is 214 g/mol. The van der Waals surface area contributed by atoms with Gasteiger partial charge in [0.2, 0.25) is 5.95 Å². The first-order chi connectivity index (χ1) is 8.19. The molecule has 0 atom stereocenters. The number of nitrogens with two attached hydrogens (primary N) is 1. The van der Waals surface area contributed by atoms with Crippen molar-refractivity contribution in [3.8, 4) is 0 Å². The Bertz CT molecular complexity index is 524. The number of hydrazine groups is 1. The van der Waals surface area contributed by atoms with Gasteiger partial charge >= 0.3 is 0 Å². The second-order valence-electron chi connectivity index (χ2n) is 3.83. The molecule has 88 valence electrons. The van der Waals surface area contributed by atoms with Crippen LogP contribution in [0.25, 0.3) is 0 Å². The summed E-state index contributed by atoms with van der Waals surface area (Å²) < 4.78 is 0. The Hall–Kier alpha value is -2.14. The molecule has 1 aromatic heterocycles. The lowest BCUT2D eigenvalue weighted by molar-refractivity contribution is 1.12. The molecule has 5 heteroatoms. The fourth-order valence-electron chi connectivity index (χ4n) is 1.46. The largest absolute Gasteiger partial charge is 0.340 e. The molecule has 0 amide bonds. The highest BCUT2D eigenvalue weighted by molar-refractivity contribution is 5.58. The van der Waals surface area contributed by atoms with Crippen LogP contribution in [0.3, 0.4) is 0 Å². The summed E-state index contributed by atoms with van der Waals surface area (Å²) in [6.45, 7) is 4.16. The highest BCUT2D eigenvalue weighted by Gasteiger charge is 2.00. The molecular formula is C12H15N5. The molecule has 0 aliphatic heterocycles. The summed E-state index contributed by atoms with van der Waals surface area (Å²) in [6, 6.07) is 7.95. The van der Waals surface area contributed by atoms with Gasteiger partial charge in [-0.3, -0.25) is 5.43 Å². The van der Waals surface area contributed by atoms with Gasteiger partial charge in [-0.1, -0.05) is 6.07 Å². The number of nitrogens with zero attached hydrogens (tertiary/aromatic N) is 2. The zero-order valence-electron chi connectivity index (χ0n) is 9.86. The van der Waals surface area contributed by atoms with Crippen LogP contribution < -0.4 is 16.6 Å². The molecule has 1 heterocycles. The molecule has 17 heavy (non-hydrogen) atoms. The molecule has 0 saturated carbocycles. The van der Waals surface area contributed by atoms with E-state index in [0.29, 0.717) is 11.8 Å². The minimum Gasteiger partial charge on any atom is -0.340 e. The van der Waals surface area contributed by atoms with Crippen LogP contribution >= 0.6 is 0 Å². The van der Waals surface area contributed by atoms with Gasteiger partial charge in [-0.15, -0.1) is 0 Å². The topological polar surface area (TPSA) is 75.9 Å². The summed E-state index contributed by atoms with van der Waals surface area (Å²) in [5.74, 6) is 6.35. The molecule has 5 nitrogen and oxygen atoms in total. The summed E-state index contributed by atoms with van der Waals surface area (Å²) in [4.78, 5) is 8.12. The van der Waals surface area contributed by atoms with E-state index in [1.807, 2.05) is 6.07 Å². The van der Waals surface area contributed by atoms with Gasteiger partial charge in [-0.2, -0.15) is 4.98 Å². The average molecular weight is 229 g/mol. The number of anilines is 3. The summed E-state index contributed by atoms with van der Waals surface area (Å²) in [5, 5.41) is 3.20. The molecule has 4 N–H and O–H groups in total. The lowest BCUT2D eigenvalue weighted by Crippen LogP contribution is -2.10. The average Bonchev–Trinajstić information content (AvgIpc) is 2.34. The van der Waals surface area contributed by atoms with E-state index in [1.54, 1.807) is 12.3 Å². The van der Waals surface area contributed by atoms with Crippen LogP contribution in [0.1, 0.15) is 11.1 Å². The van der Waals surface area contributed by atoms with Crippen molar-refractivity contribution < 1.29 is 0 Å². The number of nitrogen functional groups attached to an aromatic ring is 1. The summed E-state index contributed by atoms with van der Waals surface area (Å²) >= 11 is 0. The van der Waals surface area contributed by atoms with E-state index in [9.17, 15) is 0 Å². The number of hydrogen-bond acceptors (Lipinski definition) is 5. The second-order valence-corrected chi connectivity index (χ2v) is 3.83. The Balaban J connectivity index is 2.22. The lowest BCUT2D eigenvalue weighted by Gasteiger charge is -2.08. The molecule has 0 fully saturated rings. The zero-order valence-corrected chi connectivity index (χ0v) is 9.86. The Morgan fingerprint density at radius 2 is 1.94 bits per heavy atom. The molecule has 0 radical (unpaired) electrons. The van der Waals surface area contributed by atoms with Gasteiger partial charge in [0.25, 0.3) is 0 Å². The number of nitrogens with one attached hydrogen (secondary N) is 2. The van der Waals surface area contributed by atoms with E-state index in [1.165, 1.54) is 11.1 Å². The standard InChI is InChI=1S/C12H15N5/c1-8-3-4-10(7-9(8)2)15-11-5-6-14-12(16-11)17-13/h3-7H,13H2,1-2H3,(H2,14,15,16,17). The third-order valence-electron chi connectivity index (χ3n) is 2.56. The first kappa shape index (κ1) is 11.3. The van der Waals surface area contributed by atoms with Crippen LogP contribution in [0.15, 0.2) is 30.5 Å². The van der Waals surface area contributed by atoms with E-state index in [-0.39, 0.29) is 0 Å². The highest BCUT2D eigenvalue weighted by atomic mass is 15.3. The molecule has 0 spiro atoms. The molecule has 0 aliphatic rings. The van der Waals surface area contributed by atoms with Crippen molar-refractivity contribution in [1.82, 2.24) is 9.97 Å². The Morgan fingerprint density at radius 1 is 1.12 bits per heavy atom. The smallest absolute Gasteiger partial charge is 0.239 e. The van der Waals surface area contributed by atoms with Gasteiger partial charge < -0.3 is 5.32 Å². The third kappa shape index (κ3) is 2.70. The van der Waals surface area contributed by atoms with Crippen molar-refractivity contribution >= 4 is 17.5 Å². The van der Waals surface area contributed by atoms with Crippen molar-refractivity contribution in [2.45, 2.75) is 13.8 Å². The number of hydrogen-bond donors (Lipinski definition) is 3. The predicted molar refractivity (Wildman–Crippen MR) is 69.0 cm³/mol. The van der Waals surface area contributed by atoms with Gasteiger partial charge in [-0.05, 0) is 43.2 Å². The number of aryl methyl sites for hydroxylation is 2. The maximum atomic E-state index is 5.25. The number of rotatable bonds is 3. The van der Waals surface area contributed by atoms with E-state index < -0.39 is 0 Å². The molecule has 2 rings (SSSR count). The van der Waals surface area contributed by atoms with Crippen LogP contribution in [-0.2, 0) is 0 Å². The zero-order chi connectivity index (χ0) is 12.3. The van der Waals surface area contributed by atoms with Crippen LogP contribution in [-0.4, -0.2) is 9.97 Å². The predicted octanol–water partition coefficient (Wildman–Crippen LogP) is 2.12. The second kappa shape index (κ2) is 4.80. The van der Waals surface area contributed by atoms with E-state index in [0.717, 1.165) is 5.69 Å². The summed E-state index contributed by atoms with van der Waals surface area (Å²) in [7, 11) is 0. The van der Waals surface area contributed by atoms with Crippen molar-refractivity contribution in [2.24, 2.45) is 5.84 Å². The van der Waals surface area contributed by atoms with Gasteiger partial charge in [0.1, 0.15) is 5.82 Å². The minimum atomic E-state index is 0.388. The highest BCUT2D eigenvalue weighted by Crippen LogP contribution is 2.18. The quantitative estimate of drug-likeness (QED) is 0.555. The van der Waals surface area contributed by atoms with Gasteiger partial charge in [0, 0.05) is 11.9 Å². The van der Waals surface area contributed by atoms with Gasteiger partial charge in [0.05, 0.1) is 0 Å². The van der Waals surface area contributed by atoms with E-state index >= 15 is 0 Å². The first-order valence-corrected chi connectivity index (χ1v) is 5.33. The first-order valence-electron chi connectivity index (χ1n) is 5.33. The Kier molecular flexibility index (Phi) is 3.20. The monoisotopic (exact) mass is 229 g/mol. The lowest BCUT2D eigenvalue weighted by atomic mass is 10.1. The SMILES string of the molecule is Cc1ccc(Nc2ccnc(NN)n2)cc1C. The molecule has 0 unspecified atom stereocenters. The fourth-order valence-corrected chi connectivity index (χ4v) is 1.46. The maximum absolute atomic E-state index is 5.25. The number of benzene rings is 1. The fraction of sp³-hybridized carbons (Fsp3) is 0.167. The maximum Gasteiger partial charge on any atom is 0.239 e. The van der Waals surface area contributed by atoms with Crippen LogP contribution in [0.5, 0.6) is 0 Å². The van der Waals surface area contributed by atoms with Gasteiger partial charge in [0.15, 0.2) is 0 Å². The van der Waals surface area contributed by atoms with Crippen molar-refractivity contribution in [3.05, 3.63) is 41.6 Å². The normalized spacial score (nSPS) is 10.1. The Morgan fingerprint density at radius 3 is 2.65 bits per heavy atom. The molecule has 1 aromatic carbocycles. The van der Waals surface area contributed by atoms with Crippen LogP contribution in [0, 0.1) is 13.8 Å². The van der Waals surface area contributed by atoms with Crippen LogP contribution in [0.2, 0.25) is 0 Å². The molecule has 0 saturated heterocycles. The van der Waals surface area contributed by atoms with Crippen molar-refractivity contribution in [3.63, 3.8) is 0 Å². The number of aromatic nitrogens is 2. The molecule has 0 aliphatic carbocycles. The summed E-state index contributed by atoms with van der Waals surface area (Å²) in [6.07, 6.45) is 1.64. The van der Waals surface area contributed by atoms with Gasteiger partial charge in [-0.25, -0.2) is 10.8 Å².